The summed E-state index contributed by atoms with van der Waals surface area (Å²) >= 11 is 0. The smallest absolute Gasteiger partial charge is 0.305 e. The van der Waals surface area contributed by atoms with E-state index in [1.807, 2.05) is 6.08 Å². The van der Waals surface area contributed by atoms with Gasteiger partial charge in [0.15, 0.2) is 8.32 Å². The zero-order valence-electron chi connectivity index (χ0n) is 40.3. The molecule has 0 saturated carbocycles. The first-order chi connectivity index (χ1) is 31.1. The highest BCUT2D eigenvalue weighted by molar-refractivity contribution is 7.00. The molecule has 0 spiro atoms. The van der Waals surface area contributed by atoms with Gasteiger partial charge in [-0.3, -0.25) is 4.79 Å². The van der Waals surface area contributed by atoms with Crippen LogP contribution < -0.4 is 20.7 Å². The Balaban J connectivity index is 1.44. The van der Waals surface area contributed by atoms with Crippen molar-refractivity contribution in [3.05, 3.63) is 134 Å². The van der Waals surface area contributed by atoms with Crippen molar-refractivity contribution in [2.45, 2.75) is 171 Å². The molecule has 3 aliphatic rings. The first-order valence-corrected chi connectivity index (χ1v) is 30.5. The average molecular weight is 935 g/mol. The van der Waals surface area contributed by atoms with Gasteiger partial charge in [0.05, 0.1) is 30.8 Å². The van der Waals surface area contributed by atoms with Crippen LogP contribution in [0.4, 0.5) is 0 Å². The predicted octanol–water partition coefficient (Wildman–Crippen LogP) is 9.40. The molecular weight excluding hydrogens is 861 g/mol. The van der Waals surface area contributed by atoms with Crippen LogP contribution >= 0.6 is 0 Å². The lowest BCUT2D eigenvalue weighted by Crippen LogP contribution is -2.73. The predicted molar refractivity (Wildman–Crippen MR) is 269 cm³/mol. The van der Waals surface area contributed by atoms with Gasteiger partial charge in [0.25, 0.3) is 16.6 Å². The van der Waals surface area contributed by atoms with E-state index in [0.717, 1.165) is 28.5 Å². The van der Waals surface area contributed by atoms with Crippen molar-refractivity contribution in [1.82, 2.24) is 0 Å². The summed E-state index contributed by atoms with van der Waals surface area (Å²) in [6, 6.07) is 45.9. The maximum absolute atomic E-state index is 12.3. The second kappa shape index (κ2) is 20.4. The number of hydrogen-bond acceptors (Lipinski definition) is 7. The van der Waals surface area contributed by atoms with Crippen molar-refractivity contribution >= 4 is 51.7 Å². The van der Waals surface area contributed by atoms with Gasteiger partial charge in [-0.2, -0.15) is 0 Å². The zero-order valence-corrected chi connectivity index (χ0v) is 43.3. The van der Waals surface area contributed by atoms with Crippen molar-refractivity contribution in [2.24, 2.45) is 0 Å². The number of carboxylic acid groups (broad SMARTS) is 1. The minimum absolute atomic E-state index is 0.0946. The van der Waals surface area contributed by atoms with Crippen LogP contribution in [0.2, 0.25) is 28.2 Å². The molecule has 11 heteroatoms. The van der Waals surface area contributed by atoms with Crippen molar-refractivity contribution in [1.29, 1.82) is 0 Å². The van der Waals surface area contributed by atoms with E-state index in [0.29, 0.717) is 19.3 Å². The summed E-state index contributed by atoms with van der Waals surface area (Å²) < 4.78 is 45.6. The molecule has 9 atom stereocenters. The summed E-state index contributed by atoms with van der Waals surface area (Å²) in [5.41, 5.74) is 0. The topological polar surface area (TPSA) is 92.7 Å². The van der Waals surface area contributed by atoms with E-state index >= 15 is 0 Å². The van der Waals surface area contributed by atoms with Crippen LogP contribution in [0.5, 0.6) is 0 Å². The molecule has 8 nitrogen and oxygen atoms in total. The lowest BCUT2D eigenvalue weighted by atomic mass is 9.87. The Hall–Kier alpha value is -3.50. The first kappa shape index (κ1) is 49.4. The molecule has 65 heavy (non-hydrogen) atoms. The highest BCUT2D eigenvalue weighted by Crippen LogP contribution is 2.48. The van der Waals surface area contributed by atoms with Crippen molar-refractivity contribution in [3.8, 4) is 0 Å². The van der Waals surface area contributed by atoms with E-state index in [1.54, 1.807) is 0 Å². The number of carboxylic acids is 1. The minimum Gasteiger partial charge on any atom is -0.481 e. The second-order valence-corrected chi connectivity index (χ2v) is 33.8. The maximum Gasteiger partial charge on any atom is 0.305 e. The Morgan fingerprint density at radius 1 is 0.646 bits per heavy atom. The number of fused-ring (bicyclic) bond motifs is 2. The quantitative estimate of drug-likeness (QED) is 0.0780. The molecule has 0 aromatic heterocycles. The van der Waals surface area contributed by atoms with Crippen molar-refractivity contribution < 1.29 is 37.4 Å². The van der Waals surface area contributed by atoms with Gasteiger partial charge >= 0.3 is 5.97 Å². The molecule has 4 aromatic carbocycles. The molecule has 1 N–H and O–H groups in total. The van der Waals surface area contributed by atoms with E-state index in [-0.39, 0.29) is 28.7 Å². The summed E-state index contributed by atoms with van der Waals surface area (Å²) in [6.45, 7) is 24.9. The molecule has 1 unspecified atom stereocenters. The third-order valence-corrected chi connectivity index (χ3v) is 29.5. The summed E-state index contributed by atoms with van der Waals surface area (Å²) in [7, 11) is -8.50. The Bertz CT molecular complexity index is 2050. The van der Waals surface area contributed by atoms with E-state index in [4.69, 9.17) is 27.5 Å². The highest BCUT2D eigenvalue weighted by Gasteiger charge is 2.64. The Labute approximate surface area is 392 Å². The van der Waals surface area contributed by atoms with Gasteiger partial charge in [-0.1, -0.05) is 190 Å². The van der Waals surface area contributed by atoms with Crippen LogP contribution in [0.3, 0.4) is 0 Å². The van der Waals surface area contributed by atoms with Crippen molar-refractivity contribution in [2.75, 3.05) is 0 Å². The number of carbonyl (C=O) groups is 1. The fourth-order valence-corrected chi connectivity index (χ4v) is 23.5. The molecule has 4 aromatic rings. The first-order valence-electron chi connectivity index (χ1n) is 24.1. The largest absolute Gasteiger partial charge is 0.481 e. The molecule has 0 amide bonds. The summed E-state index contributed by atoms with van der Waals surface area (Å²) in [6.07, 6.45) is -0.936. The van der Waals surface area contributed by atoms with Gasteiger partial charge in [-0.15, -0.1) is 6.58 Å². The van der Waals surface area contributed by atoms with Crippen LogP contribution in [-0.2, 0) is 32.3 Å². The summed E-state index contributed by atoms with van der Waals surface area (Å²) in [5.74, 6) is -0.884. The van der Waals surface area contributed by atoms with Gasteiger partial charge in [-0.05, 0) is 61.8 Å². The molecule has 3 aliphatic heterocycles. The monoisotopic (exact) mass is 934 g/mol. The van der Waals surface area contributed by atoms with Crippen LogP contribution in [0.25, 0.3) is 0 Å². The normalized spacial score (nSPS) is 25.6. The highest BCUT2D eigenvalue weighted by atomic mass is 28.4. The molecular formula is C54H74O8Si3. The van der Waals surface area contributed by atoms with Crippen LogP contribution in [-0.4, -0.2) is 91.0 Å². The average Bonchev–Trinajstić information content (AvgIpc) is 3.64. The van der Waals surface area contributed by atoms with Gasteiger partial charge in [0, 0.05) is 6.42 Å². The van der Waals surface area contributed by atoms with Crippen LogP contribution in [0.1, 0.15) is 88.0 Å². The number of ether oxygens (including phenoxy) is 3. The molecule has 0 bridgehead atoms. The van der Waals surface area contributed by atoms with Crippen LogP contribution in [0, 0.1) is 0 Å². The number of aliphatic carboxylic acids is 1. The maximum atomic E-state index is 12.3. The molecule has 7 rings (SSSR count). The summed E-state index contributed by atoms with van der Waals surface area (Å²) in [4.78, 5) is 12.3. The lowest BCUT2D eigenvalue weighted by molar-refractivity contribution is -0.255. The van der Waals surface area contributed by atoms with E-state index in [2.05, 4.69) is 190 Å². The molecule has 3 heterocycles. The Morgan fingerprint density at radius 3 is 1.45 bits per heavy atom. The number of hydrogen-bond donors (Lipinski definition) is 1. The fraction of sp³-hybridized carbons (Fsp3) is 0.500. The number of rotatable bonds is 18. The third kappa shape index (κ3) is 9.78. The van der Waals surface area contributed by atoms with E-state index in [1.165, 1.54) is 10.4 Å². The minimum atomic E-state index is -3.24. The molecule has 350 valence electrons. The zero-order chi connectivity index (χ0) is 46.6. The van der Waals surface area contributed by atoms with Crippen LogP contribution in [0.15, 0.2) is 134 Å². The van der Waals surface area contributed by atoms with Gasteiger partial charge < -0.3 is 32.6 Å². The Kier molecular flexibility index (Phi) is 15.5. The standard InChI is InChI=1S/C54H74O8Si3/c1-11-39(60-63(12-2,13-3)14-4)37-46-49(61-64(53(5,6)7,41-27-19-15-20-28-41)42-29-21-16-22-30-42)50-51(59-46)52(48-45(58-50)36-35-40(57-48)38-47(55)56)62-65(54(8,9)10,43-31-23-17-24-32-43)44-33-25-18-26-34-44/h11,15-34,39-40,45-46,48-52H,1,12-14,35-38H2,2-10H3,(H,55,56)/t39?,40-,45+,46-,48+,49+,50+,51-,52+/m1/s1. The molecule has 0 aliphatic carbocycles. The van der Waals surface area contributed by atoms with E-state index < -0.39 is 73.6 Å². The van der Waals surface area contributed by atoms with Crippen molar-refractivity contribution in [3.63, 3.8) is 0 Å². The number of benzene rings is 4. The van der Waals surface area contributed by atoms with Gasteiger partial charge in [0.1, 0.15) is 30.5 Å². The molecule has 3 fully saturated rings. The Morgan fingerprint density at radius 2 is 1.06 bits per heavy atom. The third-order valence-electron chi connectivity index (χ3n) is 14.7. The van der Waals surface area contributed by atoms with E-state index in [9.17, 15) is 9.90 Å². The molecule has 3 saturated heterocycles. The SMILES string of the molecule is C=CC(C[C@H]1O[C@H]2[C@@H](O[Si](c3ccccc3)(c3ccccc3)C(C)(C)C)[C@H]3O[C@@H](CC(=O)O)CC[C@@H]3O[C@H]2[C@H]1O[Si](c1ccccc1)(c1ccccc1)C(C)(C)C)O[Si](CC)(CC)CC. The molecule has 0 radical (unpaired) electrons. The fourth-order valence-electron chi connectivity index (χ4n) is 11.2. The summed E-state index contributed by atoms with van der Waals surface area (Å²) in [5, 5.41) is 14.0. The lowest BCUT2D eigenvalue weighted by Gasteiger charge is -2.53. The van der Waals surface area contributed by atoms with Gasteiger partial charge in [0.2, 0.25) is 0 Å². The van der Waals surface area contributed by atoms with Gasteiger partial charge in [-0.25, -0.2) is 0 Å². The second-order valence-electron chi connectivity index (χ2n) is 20.5.